The third kappa shape index (κ3) is 2.69. The molecular weight excluding hydrogens is 232 g/mol. The summed E-state index contributed by atoms with van der Waals surface area (Å²) in [5, 5.41) is 6.71. The molecule has 0 radical (unpaired) electrons. The lowest BCUT2D eigenvalue weighted by Gasteiger charge is -2.22. The number of hydrogen-bond acceptors (Lipinski definition) is 2. The fraction of sp³-hybridized carbons (Fsp3) is 0.176. The van der Waals surface area contributed by atoms with Crippen molar-refractivity contribution >= 4 is 5.70 Å². The maximum absolute atomic E-state index is 3.38. The smallest absolute Gasteiger partial charge is 0.0657 e. The summed E-state index contributed by atoms with van der Waals surface area (Å²) in [6, 6.07) is 19.6. The Kier molecular flexibility index (Phi) is 3.34. The van der Waals surface area contributed by atoms with E-state index < -0.39 is 0 Å². The Bertz CT molecular complexity index is 570. The van der Waals surface area contributed by atoms with Crippen LogP contribution < -0.4 is 10.6 Å². The lowest BCUT2D eigenvalue weighted by Crippen LogP contribution is -2.38. The van der Waals surface area contributed by atoms with E-state index >= 15 is 0 Å². The van der Waals surface area contributed by atoms with E-state index in [1.807, 2.05) is 6.07 Å². The SMILES string of the molecule is CC1C=C(c2ccc(-c3ccccc3)cc2)NCN1. The topological polar surface area (TPSA) is 24.1 Å². The minimum absolute atomic E-state index is 0.421. The van der Waals surface area contributed by atoms with Gasteiger partial charge in [-0.3, -0.25) is 5.32 Å². The fourth-order valence-electron chi connectivity index (χ4n) is 2.35. The number of nitrogens with one attached hydrogen (secondary N) is 2. The number of hydrogen-bond donors (Lipinski definition) is 2. The Hall–Kier alpha value is -2.06. The second-order valence-electron chi connectivity index (χ2n) is 4.87. The van der Waals surface area contributed by atoms with E-state index in [2.05, 4.69) is 72.2 Å². The fourth-order valence-corrected chi connectivity index (χ4v) is 2.35. The first-order chi connectivity index (χ1) is 9.33. The molecule has 1 aliphatic heterocycles. The first kappa shape index (κ1) is 12.0. The van der Waals surface area contributed by atoms with Gasteiger partial charge in [0, 0.05) is 11.7 Å². The molecule has 2 aromatic carbocycles. The zero-order valence-electron chi connectivity index (χ0n) is 11.1. The van der Waals surface area contributed by atoms with Crippen LogP contribution in [-0.2, 0) is 0 Å². The average molecular weight is 250 g/mol. The number of benzene rings is 2. The zero-order chi connectivity index (χ0) is 13.1. The Morgan fingerprint density at radius 3 is 2.16 bits per heavy atom. The molecule has 1 atom stereocenters. The predicted molar refractivity (Wildman–Crippen MR) is 80.5 cm³/mol. The van der Waals surface area contributed by atoms with Crippen molar-refractivity contribution in [1.29, 1.82) is 0 Å². The first-order valence-electron chi connectivity index (χ1n) is 6.68. The zero-order valence-corrected chi connectivity index (χ0v) is 11.1. The molecule has 2 N–H and O–H groups in total. The standard InChI is InChI=1S/C17H18N2/c1-13-11-17(19-12-18-13)16-9-7-15(8-10-16)14-5-3-2-4-6-14/h2-11,13,18-19H,12H2,1H3. The molecule has 0 aromatic heterocycles. The van der Waals surface area contributed by atoms with Crippen LogP contribution in [0.4, 0.5) is 0 Å². The van der Waals surface area contributed by atoms with Gasteiger partial charge < -0.3 is 5.32 Å². The summed E-state index contributed by atoms with van der Waals surface area (Å²) in [5.41, 5.74) is 4.97. The van der Waals surface area contributed by atoms with Gasteiger partial charge in [-0.2, -0.15) is 0 Å². The molecule has 0 saturated heterocycles. The van der Waals surface area contributed by atoms with E-state index in [0.717, 1.165) is 6.67 Å². The van der Waals surface area contributed by atoms with E-state index in [4.69, 9.17) is 0 Å². The molecule has 0 bridgehead atoms. The summed E-state index contributed by atoms with van der Waals surface area (Å²) < 4.78 is 0. The highest BCUT2D eigenvalue weighted by Crippen LogP contribution is 2.22. The molecule has 0 aliphatic carbocycles. The van der Waals surface area contributed by atoms with Gasteiger partial charge in [0.25, 0.3) is 0 Å². The Morgan fingerprint density at radius 1 is 0.842 bits per heavy atom. The average Bonchev–Trinajstić information content (AvgIpc) is 2.48. The second kappa shape index (κ2) is 5.29. The predicted octanol–water partition coefficient (Wildman–Crippen LogP) is 3.23. The van der Waals surface area contributed by atoms with Gasteiger partial charge in [0.1, 0.15) is 0 Å². The minimum Gasteiger partial charge on any atom is -0.372 e. The van der Waals surface area contributed by atoms with Crippen molar-refractivity contribution in [3.8, 4) is 11.1 Å². The summed E-state index contributed by atoms with van der Waals surface area (Å²) >= 11 is 0. The highest BCUT2D eigenvalue weighted by molar-refractivity contribution is 5.70. The van der Waals surface area contributed by atoms with Crippen molar-refractivity contribution in [2.75, 3.05) is 6.67 Å². The van der Waals surface area contributed by atoms with Gasteiger partial charge in [0.2, 0.25) is 0 Å². The van der Waals surface area contributed by atoms with Gasteiger partial charge in [-0.05, 0) is 29.7 Å². The number of rotatable bonds is 2. The van der Waals surface area contributed by atoms with Crippen LogP contribution in [0.5, 0.6) is 0 Å². The normalized spacial score (nSPS) is 18.6. The van der Waals surface area contributed by atoms with E-state index in [-0.39, 0.29) is 0 Å². The lowest BCUT2D eigenvalue weighted by atomic mass is 10.0. The summed E-state index contributed by atoms with van der Waals surface area (Å²) in [4.78, 5) is 0. The Labute approximate surface area is 114 Å². The molecule has 0 fully saturated rings. The molecule has 2 aromatic rings. The van der Waals surface area contributed by atoms with E-state index in [1.165, 1.54) is 22.4 Å². The van der Waals surface area contributed by atoms with E-state index in [0.29, 0.717) is 6.04 Å². The summed E-state index contributed by atoms with van der Waals surface area (Å²) in [7, 11) is 0. The molecule has 19 heavy (non-hydrogen) atoms. The van der Waals surface area contributed by atoms with Crippen molar-refractivity contribution < 1.29 is 0 Å². The summed E-state index contributed by atoms with van der Waals surface area (Å²) in [6.07, 6.45) is 2.22. The second-order valence-corrected chi connectivity index (χ2v) is 4.87. The molecule has 2 heteroatoms. The van der Waals surface area contributed by atoms with E-state index in [1.54, 1.807) is 0 Å². The summed E-state index contributed by atoms with van der Waals surface area (Å²) in [6.45, 7) is 2.99. The van der Waals surface area contributed by atoms with Crippen LogP contribution in [0.1, 0.15) is 12.5 Å². The lowest BCUT2D eigenvalue weighted by molar-refractivity contribution is 0.585. The van der Waals surface area contributed by atoms with Gasteiger partial charge in [0.05, 0.1) is 6.67 Å². The van der Waals surface area contributed by atoms with Gasteiger partial charge >= 0.3 is 0 Å². The molecule has 1 heterocycles. The van der Waals surface area contributed by atoms with Crippen molar-refractivity contribution in [3.05, 3.63) is 66.2 Å². The third-order valence-corrected chi connectivity index (χ3v) is 3.42. The summed E-state index contributed by atoms with van der Waals surface area (Å²) in [5.74, 6) is 0. The maximum Gasteiger partial charge on any atom is 0.0657 e. The molecular formula is C17H18N2. The van der Waals surface area contributed by atoms with Gasteiger partial charge in [-0.1, -0.05) is 54.6 Å². The van der Waals surface area contributed by atoms with Crippen LogP contribution in [0.2, 0.25) is 0 Å². The van der Waals surface area contributed by atoms with Gasteiger partial charge in [-0.15, -0.1) is 0 Å². The van der Waals surface area contributed by atoms with E-state index in [9.17, 15) is 0 Å². The molecule has 0 saturated carbocycles. The molecule has 2 nitrogen and oxygen atoms in total. The molecule has 1 unspecified atom stereocenters. The third-order valence-electron chi connectivity index (χ3n) is 3.42. The van der Waals surface area contributed by atoms with Crippen LogP contribution in [0.25, 0.3) is 16.8 Å². The largest absolute Gasteiger partial charge is 0.372 e. The van der Waals surface area contributed by atoms with Gasteiger partial charge in [-0.25, -0.2) is 0 Å². The quantitative estimate of drug-likeness (QED) is 0.855. The van der Waals surface area contributed by atoms with Crippen LogP contribution >= 0.6 is 0 Å². The molecule has 0 amide bonds. The van der Waals surface area contributed by atoms with Gasteiger partial charge in [0.15, 0.2) is 0 Å². The Morgan fingerprint density at radius 2 is 1.47 bits per heavy atom. The molecule has 3 rings (SSSR count). The highest BCUT2D eigenvalue weighted by atomic mass is 15.1. The molecule has 1 aliphatic rings. The van der Waals surface area contributed by atoms with Crippen molar-refractivity contribution in [1.82, 2.24) is 10.6 Å². The van der Waals surface area contributed by atoms with Crippen LogP contribution in [0.15, 0.2) is 60.7 Å². The van der Waals surface area contributed by atoms with Crippen molar-refractivity contribution in [2.45, 2.75) is 13.0 Å². The maximum atomic E-state index is 3.38. The monoisotopic (exact) mass is 250 g/mol. The first-order valence-corrected chi connectivity index (χ1v) is 6.68. The van der Waals surface area contributed by atoms with Crippen LogP contribution in [0, 0.1) is 0 Å². The van der Waals surface area contributed by atoms with Crippen molar-refractivity contribution in [2.24, 2.45) is 0 Å². The minimum atomic E-state index is 0.421. The Balaban J connectivity index is 1.87. The highest BCUT2D eigenvalue weighted by Gasteiger charge is 2.09. The molecule has 96 valence electrons. The van der Waals surface area contributed by atoms with Crippen LogP contribution in [-0.4, -0.2) is 12.7 Å². The van der Waals surface area contributed by atoms with Crippen molar-refractivity contribution in [3.63, 3.8) is 0 Å². The molecule has 0 spiro atoms. The van der Waals surface area contributed by atoms with Crippen LogP contribution in [0.3, 0.4) is 0 Å².